The maximum atomic E-state index is 9.40. The summed E-state index contributed by atoms with van der Waals surface area (Å²) in [5.74, 6) is 1.61. The molecule has 0 aromatic heterocycles. The van der Waals surface area contributed by atoms with Crippen molar-refractivity contribution in [1.29, 1.82) is 5.26 Å². The Kier molecular flexibility index (Phi) is 6.72. The molecule has 2 aromatic rings. The lowest BCUT2D eigenvalue weighted by Crippen LogP contribution is -2.07. The van der Waals surface area contributed by atoms with Gasteiger partial charge in [0.25, 0.3) is 0 Å². The molecule has 0 radical (unpaired) electrons. The number of ether oxygens (including phenoxy) is 1. The zero-order valence-corrected chi connectivity index (χ0v) is 15.8. The number of hydrogen-bond acceptors (Lipinski definition) is 2. The Hall–Kier alpha value is -2.27. The molecule has 1 aliphatic carbocycles. The monoisotopic (exact) mass is 347 g/mol. The molecule has 1 aliphatic rings. The summed E-state index contributed by atoms with van der Waals surface area (Å²) in [7, 11) is 0. The van der Waals surface area contributed by atoms with Crippen molar-refractivity contribution < 1.29 is 4.74 Å². The molecule has 2 aromatic carbocycles. The number of benzene rings is 2. The van der Waals surface area contributed by atoms with E-state index in [1.807, 2.05) is 18.2 Å². The van der Waals surface area contributed by atoms with Crippen LogP contribution in [-0.2, 0) is 6.42 Å². The van der Waals surface area contributed by atoms with E-state index >= 15 is 0 Å². The number of aryl methyl sites for hydroxylation is 1. The van der Waals surface area contributed by atoms with E-state index in [2.05, 4.69) is 37.3 Å². The van der Waals surface area contributed by atoms with Gasteiger partial charge in [-0.1, -0.05) is 69.4 Å². The molecule has 0 aliphatic heterocycles. The van der Waals surface area contributed by atoms with Crippen molar-refractivity contribution >= 4 is 0 Å². The molecular formula is C24H29NO. The summed E-state index contributed by atoms with van der Waals surface area (Å²) in [6.07, 6.45) is 10.5. The van der Waals surface area contributed by atoms with Gasteiger partial charge in [-0.25, -0.2) is 0 Å². The normalized spacial score (nSPS) is 14.8. The van der Waals surface area contributed by atoms with E-state index in [-0.39, 0.29) is 0 Å². The third-order valence-corrected chi connectivity index (χ3v) is 5.41. The van der Waals surface area contributed by atoms with Crippen molar-refractivity contribution in [1.82, 2.24) is 0 Å². The molecule has 0 heterocycles. The average molecular weight is 348 g/mol. The predicted molar refractivity (Wildman–Crippen MR) is 107 cm³/mol. The van der Waals surface area contributed by atoms with Crippen molar-refractivity contribution in [3.05, 3.63) is 53.6 Å². The van der Waals surface area contributed by atoms with Crippen molar-refractivity contribution in [2.24, 2.45) is 5.92 Å². The van der Waals surface area contributed by atoms with Gasteiger partial charge in [0.15, 0.2) is 0 Å². The van der Waals surface area contributed by atoms with Crippen LogP contribution >= 0.6 is 0 Å². The summed E-state index contributed by atoms with van der Waals surface area (Å²) in [5.41, 5.74) is 4.26. The van der Waals surface area contributed by atoms with Crippen molar-refractivity contribution in [3.63, 3.8) is 0 Å². The molecule has 26 heavy (non-hydrogen) atoms. The molecule has 136 valence electrons. The topological polar surface area (TPSA) is 33.0 Å². The van der Waals surface area contributed by atoms with Gasteiger partial charge in [0.05, 0.1) is 12.2 Å². The zero-order chi connectivity index (χ0) is 18.2. The summed E-state index contributed by atoms with van der Waals surface area (Å²) >= 11 is 0. The van der Waals surface area contributed by atoms with Crippen LogP contribution in [0, 0.1) is 17.2 Å². The first-order chi connectivity index (χ1) is 12.8. The van der Waals surface area contributed by atoms with Gasteiger partial charge in [-0.15, -0.1) is 0 Å². The Morgan fingerprint density at radius 2 is 1.73 bits per heavy atom. The third kappa shape index (κ3) is 4.88. The second-order valence-electron chi connectivity index (χ2n) is 7.41. The van der Waals surface area contributed by atoms with Crippen LogP contribution in [0.2, 0.25) is 0 Å². The Bertz CT molecular complexity index is 736. The van der Waals surface area contributed by atoms with E-state index in [0.29, 0.717) is 17.9 Å². The van der Waals surface area contributed by atoms with Gasteiger partial charge in [-0.3, -0.25) is 0 Å². The maximum Gasteiger partial charge on any atom is 0.137 e. The second-order valence-corrected chi connectivity index (χ2v) is 7.41. The summed E-state index contributed by atoms with van der Waals surface area (Å²) < 4.78 is 5.65. The Morgan fingerprint density at radius 3 is 2.42 bits per heavy atom. The van der Waals surface area contributed by atoms with Gasteiger partial charge in [0.1, 0.15) is 11.8 Å². The fraction of sp³-hybridized carbons (Fsp3) is 0.458. The largest absolute Gasteiger partial charge is 0.492 e. The number of nitrogens with zero attached hydrogens (tertiary/aromatic N) is 1. The van der Waals surface area contributed by atoms with E-state index in [9.17, 15) is 5.26 Å². The van der Waals surface area contributed by atoms with Gasteiger partial charge in [-0.05, 0) is 54.0 Å². The number of rotatable bonds is 7. The molecule has 0 amide bonds. The molecule has 2 heteroatoms. The minimum absolute atomic E-state index is 0.609. The lowest BCUT2D eigenvalue weighted by Gasteiger charge is -2.21. The third-order valence-electron chi connectivity index (χ3n) is 5.41. The molecule has 0 N–H and O–H groups in total. The van der Waals surface area contributed by atoms with Crippen LogP contribution in [0.4, 0.5) is 0 Å². The number of nitriles is 1. The Labute approximate surface area is 157 Å². The van der Waals surface area contributed by atoms with E-state index in [1.54, 1.807) is 0 Å². The van der Waals surface area contributed by atoms with Gasteiger partial charge < -0.3 is 4.74 Å². The van der Waals surface area contributed by atoms with Crippen LogP contribution in [0.1, 0.15) is 63.0 Å². The molecule has 1 saturated carbocycles. The molecule has 2 nitrogen and oxygen atoms in total. The van der Waals surface area contributed by atoms with Crippen molar-refractivity contribution in [3.8, 4) is 22.9 Å². The summed E-state index contributed by atoms with van der Waals surface area (Å²) in [6, 6.07) is 17.0. The minimum Gasteiger partial charge on any atom is -0.492 e. The van der Waals surface area contributed by atoms with Gasteiger partial charge in [0, 0.05) is 0 Å². The van der Waals surface area contributed by atoms with Crippen LogP contribution in [0.25, 0.3) is 11.1 Å². The molecular weight excluding hydrogens is 318 g/mol. The molecule has 0 bridgehead atoms. The molecule has 0 saturated heterocycles. The van der Waals surface area contributed by atoms with Crippen LogP contribution in [0.15, 0.2) is 42.5 Å². The molecule has 3 rings (SSSR count). The zero-order valence-electron chi connectivity index (χ0n) is 15.8. The highest BCUT2D eigenvalue weighted by atomic mass is 16.5. The summed E-state index contributed by atoms with van der Waals surface area (Å²) in [5, 5.41) is 9.40. The lowest BCUT2D eigenvalue weighted by molar-refractivity contribution is 0.316. The standard InChI is InChI=1S/C24H29NO/c1-2-16-26-24-15-14-22(17-23(24)18-25)21-12-10-20(11-13-21)9-8-19-6-4-3-5-7-19/h10-15,17,19H,2-9,16H2,1H3. The van der Waals surface area contributed by atoms with Gasteiger partial charge in [-0.2, -0.15) is 5.26 Å². The first-order valence-corrected chi connectivity index (χ1v) is 10.1. The van der Waals surface area contributed by atoms with Crippen molar-refractivity contribution in [2.45, 2.75) is 58.3 Å². The highest BCUT2D eigenvalue weighted by Gasteiger charge is 2.13. The van der Waals surface area contributed by atoms with E-state index < -0.39 is 0 Å². The SMILES string of the molecule is CCCOc1ccc(-c2ccc(CCC3CCCCC3)cc2)cc1C#N. The molecule has 0 spiro atoms. The van der Waals surface area contributed by atoms with E-state index in [1.165, 1.54) is 50.5 Å². The molecule has 0 unspecified atom stereocenters. The average Bonchev–Trinajstić information content (AvgIpc) is 2.72. The summed E-state index contributed by atoms with van der Waals surface area (Å²) in [6.45, 7) is 2.71. The molecule has 0 atom stereocenters. The first kappa shape index (κ1) is 18.5. The quantitative estimate of drug-likeness (QED) is 0.570. The Morgan fingerprint density at radius 1 is 1.00 bits per heavy atom. The van der Waals surface area contributed by atoms with Gasteiger partial charge >= 0.3 is 0 Å². The minimum atomic E-state index is 0.609. The van der Waals surface area contributed by atoms with Gasteiger partial charge in [0.2, 0.25) is 0 Å². The smallest absolute Gasteiger partial charge is 0.137 e. The maximum absolute atomic E-state index is 9.40. The van der Waals surface area contributed by atoms with Crippen LogP contribution in [-0.4, -0.2) is 6.61 Å². The fourth-order valence-corrected chi connectivity index (χ4v) is 3.85. The highest BCUT2D eigenvalue weighted by Crippen LogP contribution is 2.29. The lowest BCUT2D eigenvalue weighted by atomic mass is 9.85. The van der Waals surface area contributed by atoms with Crippen molar-refractivity contribution in [2.75, 3.05) is 6.61 Å². The van der Waals surface area contributed by atoms with E-state index in [4.69, 9.17) is 4.74 Å². The Balaban J connectivity index is 1.65. The second kappa shape index (κ2) is 9.43. The van der Waals surface area contributed by atoms with Crippen LogP contribution < -0.4 is 4.74 Å². The fourth-order valence-electron chi connectivity index (χ4n) is 3.85. The first-order valence-electron chi connectivity index (χ1n) is 10.1. The predicted octanol–water partition coefficient (Wildman–Crippen LogP) is 6.53. The number of hydrogen-bond donors (Lipinski definition) is 0. The molecule has 1 fully saturated rings. The highest BCUT2D eigenvalue weighted by molar-refractivity contribution is 5.67. The van der Waals surface area contributed by atoms with E-state index in [0.717, 1.165) is 23.5 Å². The van der Waals surface area contributed by atoms with Crippen LogP contribution in [0.5, 0.6) is 5.75 Å². The summed E-state index contributed by atoms with van der Waals surface area (Å²) in [4.78, 5) is 0. The van der Waals surface area contributed by atoms with Crippen LogP contribution in [0.3, 0.4) is 0 Å².